The second-order valence-corrected chi connectivity index (χ2v) is 6.85. The highest BCUT2D eigenvalue weighted by atomic mass is 19.1. The first-order valence-corrected chi connectivity index (χ1v) is 9.50. The van der Waals surface area contributed by atoms with E-state index >= 15 is 0 Å². The topological polar surface area (TPSA) is 68.7 Å². The standard InChI is InChI=1S/C21H23F2NO4/c22-17-12-14(13-18(23)20(17)27-11-5-9-19(25)26)16-8-4-10-24-21(16)28-15-6-2-1-3-7-15/h4,8,10,12-13,15H,1-3,5-7,9,11H2,(H,25,26). The fourth-order valence-corrected chi connectivity index (χ4v) is 3.30. The minimum atomic E-state index is -0.984. The van der Waals surface area contributed by atoms with Gasteiger partial charge in [0, 0.05) is 18.2 Å². The molecule has 0 spiro atoms. The van der Waals surface area contributed by atoms with Gasteiger partial charge in [-0.25, -0.2) is 13.8 Å². The quantitative estimate of drug-likeness (QED) is 0.643. The van der Waals surface area contributed by atoms with Crippen molar-refractivity contribution in [3.8, 4) is 22.8 Å². The number of ether oxygens (including phenoxy) is 2. The summed E-state index contributed by atoms with van der Waals surface area (Å²) in [6, 6.07) is 5.77. The summed E-state index contributed by atoms with van der Waals surface area (Å²) < 4.78 is 40.0. The molecule has 150 valence electrons. The number of hydrogen-bond donors (Lipinski definition) is 1. The van der Waals surface area contributed by atoms with Crippen molar-refractivity contribution in [2.75, 3.05) is 6.61 Å². The lowest BCUT2D eigenvalue weighted by Gasteiger charge is -2.23. The molecule has 0 atom stereocenters. The second-order valence-electron chi connectivity index (χ2n) is 6.85. The lowest BCUT2D eigenvalue weighted by atomic mass is 9.97. The average molecular weight is 391 g/mol. The van der Waals surface area contributed by atoms with Gasteiger partial charge in [-0.3, -0.25) is 4.79 Å². The molecule has 0 radical (unpaired) electrons. The molecule has 1 heterocycles. The number of benzene rings is 1. The Morgan fingerprint density at radius 1 is 1.18 bits per heavy atom. The van der Waals surface area contributed by atoms with Crippen LogP contribution in [0.5, 0.6) is 11.6 Å². The summed E-state index contributed by atoms with van der Waals surface area (Å²) in [5.74, 6) is -2.83. The van der Waals surface area contributed by atoms with Gasteiger partial charge < -0.3 is 14.6 Å². The van der Waals surface area contributed by atoms with Crippen LogP contribution in [0.2, 0.25) is 0 Å². The van der Waals surface area contributed by atoms with Crippen molar-refractivity contribution < 1.29 is 28.2 Å². The zero-order valence-corrected chi connectivity index (χ0v) is 15.5. The van der Waals surface area contributed by atoms with E-state index in [0.29, 0.717) is 17.0 Å². The minimum absolute atomic E-state index is 0.0638. The van der Waals surface area contributed by atoms with Gasteiger partial charge in [0.25, 0.3) is 0 Å². The summed E-state index contributed by atoms with van der Waals surface area (Å²) in [6.45, 7) is -0.0809. The Labute approximate surface area is 162 Å². The van der Waals surface area contributed by atoms with E-state index in [-0.39, 0.29) is 25.6 Å². The molecule has 1 aliphatic rings. The number of carboxylic acids is 1. The molecule has 3 rings (SSSR count). The molecule has 1 aliphatic carbocycles. The summed E-state index contributed by atoms with van der Waals surface area (Å²) in [4.78, 5) is 14.8. The molecule has 1 aromatic heterocycles. The van der Waals surface area contributed by atoms with Gasteiger partial charge in [0.2, 0.25) is 5.88 Å². The van der Waals surface area contributed by atoms with Crippen molar-refractivity contribution in [2.45, 2.75) is 51.0 Å². The lowest BCUT2D eigenvalue weighted by Crippen LogP contribution is -2.20. The Balaban J connectivity index is 1.77. The summed E-state index contributed by atoms with van der Waals surface area (Å²) in [5.41, 5.74) is 0.829. The number of nitrogens with zero attached hydrogens (tertiary/aromatic N) is 1. The maximum atomic E-state index is 14.4. The van der Waals surface area contributed by atoms with Crippen LogP contribution in [-0.4, -0.2) is 28.8 Å². The van der Waals surface area contributed by atoms with E-state index in [1.807, 2.05) is 0 Å². The fourth-order valence-electron chi connectivity index (χ4n) is 3.30. The molecule has 0 amide bonds. The van der Waals surface area contributed by atoms with Gasteiger partial charge in [0.1, 0.15) is 6.10 Å². The van der Waals surface area contributed by atoms with Crippen LogP contribution in [0, 0.1) is 11.6 Å². The summed E-state index contributed by atoms with van der Waals surface area (Å²) in [6.07, 6.45) is 6.98. The smallest absolute Gasteiger partial charge is 0.303 e. The first kappa shape index (κ1) is 20.0. The minimum Gasteiger partial charge on any atom is -0.488 e. The zero-order chi connectivity index (χ0) is 19.9. The molecule has 1 saturated carbocycles. The van der Waals surface area contributed by atoms with E-state index in [1.54, 1.807) is 18.3 Å². The average Bonchev–Trinajstić information content (AvgIpc) is 2.67. The number of pyridine rings is 1. The molecule has 1 aromatic carbocycles. The molecule has 0 unspecified atom stereocenters. The summed E-state index contributed by atoms with van der Waals surface area (Å²) >= 11 is 0. The van der Waals surface area contributed by atoms with Crippen molar-refractivity contribution in [3.63, 3.8) is 0 Å². The highest BCUT2D eigenvalue weighted by Crippen LogP contribution is 2.34. The molecule has 28 heavy (non-hydrogen) atoms. The molecular weight excluding hydrogens is 368 g/mol. The van der Waals surface area contributed by atoms with Crippen molar-refractivity contribution in [1.29, 1.82) is 0 Å². The Morgan fingerprint density at radius 3 is 2.57 bits per heavy atom. The molecule has 0 aliphatic heterocycles. The molecule has 2 aromatic rings. The van der Waals surface area contributed by atoms with Crippen LogP contribution in [0.1, 0.15) is 44.9 Å². The molecule has 0 bridgehead atoms. The third-order valence-corrected chi connectivity index (χ3v) is 4.69. The van der Waals surface area contributed by atoms with E-state index in [2.05, 4.69) is 4.98 Å². The number of aromatic nitrogens is 1. The van der Waals surface area contributed by atoms with Crippen LogP contribution in [0.3, 0.4) is 0 Å². The van der Waals surface area contributed by atoms with Crippen LogP contribution in [0.25, 0.3) is 11.1 Å². The monoisotopic (exact) mass is 391 g/mol. The first-order valence-electron chi connectivity index (χ1n) is 9.50. The van der Waals surface area contributed by atoms with Crippen LogP contribution in [0.4, 0.5) is 8.78 Å². The Morgan fingerprint density at radius 2 is 1.89 bits per heavy atom. The third-order valence-electron chi connectivity index (χ3n) is 4.69. The maximum Gasteiger partial charge on any atom is 0.303 e. The SMILES string of the molecule is O=C(O)CCCOc1c(F)cc(-c2cccnc2OC2CCCCC2)cc1F. The van der Waals surface area contributed by atoms with E-state index in [9.17, 15) is 13.6 Å². The Bertz CT molecular complexity index is 799. The number of aliphatic carboxylic acids is 1. The number of hydrogen-bond acceptors (Lipinski definition) is 4. The largest absolute Gasteiger partial charge is 0.488 e. The number of halogens is 2. The third kappa shape index (κ3) is 5.18. The predicted molar refractivity (Wildman–Crippen MR) is 99.5 cm³/mol. The molecule has 7 heteroatoms. The van der Waals surface area contributed by atoms with Crippen LogP contribution in [-0.2, 0) is 4.79 Å². The van der Waals surface area contributed by atoms with E-state index < -0.39 is 23.4 Å². The highest BCUT2D eigenvalue weighted by molar-refractivity contribution is 5.69. The fraction of sp³-hybridized carbons (Fsp3) is 0.429. The molecule has 1 N–H and O–H groups in total. The van der Waals surface area contributed by atoms with Crippen molar-refractivity contribution in [2.24, 2.45) is 0 Å². The Hall–Kier alpha value is -2.70. The second kappa shape index (κ2) is 9.48. The normalized spacial score (nSPS) is 14.6. The maximum absolute atomic E-state index is 14.4. The van der Waals surface area contributed by atoms with Gasteiger partial charge in [-0.05, 0) is 61.9 Å². The van der Waals surface area contributed by atoms with Gasteiger partial charge >= 0.3 is 5.97 Å². The molecular formula is C21H23F2NO4. The number of carbonyl (C=O) groups is 1. The van der Waals surface area contributed by atoms with Crippen LogP contribution >= 0.6 is 0 Å². The zero-order valence-electron chi connectivity index (χ0n) is 15.5. The predicted octanol–water partition coefficient (Wildman–Crippen LogP) is 4.98. The molecule has 0 saturated heterocycles. The van der Waals surface area contributed by atoms with Gasteiger partial charge in [-0.1, -0.05) is 6.42 Å². The van der Waals surface area contributed by atoms with Crippen molar-refractivity contribution in [3.05, 3.63) is 42.1 Å². The van der Waals surface area contributed by atoms with Crippen LogP contribution in [0.15, 0.2) is 30.5 Å². The van der Waals surface area contributed by atoms with E-state index in [0.717, 1.165) is 25.7 Å². The van der Waals surface area contributed by atoms with Crippen molar-refractivity contribution in [1.82, 2.24) is 4.98 Å². The highest BCUT2D eigenvalue weighted by Gasteiger charge is 2.20. The Kier molecular flexibility index (Phi) is 6.79. The van der Waals surface area contributed by atoms with E-state index in [4.69, 9.17) is 14.6 Å². The van der Waals surface area contributed by atoms with Crippen LogP contribution < -0.4 is 9.47 Å². The lowest BCUT2D eigenvalue weighted by molar-refractivity contribution is -0.137. The van der Waals surface area contributed by atoms with Gasteiger partial charge in [0.05, 0.1) is 6.61 Å². The first-order chi connectivity index (χ1) is 13.5. The van der Waals surface area contributed by atoms with Gasteiger partial charge in [-0.2, -0.15) is 0 Å². The van der Waals surface area contributed by atoms with Gasteiger partial charge in [0.15, 0.2) is 17.4 Å². The number of rotatable bonds is 8. The molecule has 5 nitrogen and oxygen atoms in total. The summed E-state index contributed by atoms with van der Waals surface area (Å²) in [5, 5.41) is 8.60. The number of carboxylic acid groups (broad SMARTS) is 1. The molecule has 1 fully saturated rings. The summed E-state index contributed by atoms with van der Waals surface area (Å²) in [7, 11) is 0. The van der Waals surface area contributed by atoms with Gasteiger partial charge in [-0.15, -0.1) is 0 Å². The van der Waals surface area contributed by atoms with E-state index in [1.165, 1.54) is 18.6 Å². The van der Waals surface area contributed by atoms with Crippen molar-refractivity contribution >= 4 is 5.97 Å².